The highest BCUT2D eigenvalue weighted by Crippen LogP contribution is 2.06. The van der Waals surface area contributed by atoms with Crippen LogP contribution in [0.25, 0.3) is 0 Å². The Bertz CT molecular complexity index is 974. The van der Waals surface area contributed by atoms with E-state index in [1.54, 1.807) is 0 Å². The molecule has 2 unspecified atom stereocenters. The van der Waals surface area contributed by atoms with Gasteiger partial charge in [-0.3, -0.25) is 67.8 Å². The quantitative estimate of drug-likeness (QED) is 0.0298. The zero-order chi connectivity index (χ0) is 40.0. The first-order valence-corrected chi connectivity index (χ1v) is 15.6. The molecule has 0 aromatic carbocycles. The van der Waals surface area contributed by atoms with E-state index in [0.717, 1.165) is 19.6 Å². The Hall–Kier alpha value is -4.56. The molecule has 0 aromatic heterocycles. The van der Waals surface area contributed by atoms with Gasteiger partial charge in [-0.25, -0.2) is 0 Å². The van der Waals surface area contributed by atoms with Crippen molar-refractivity contribution in [3.63, 3.8) is 0 Å². The van der Waals surface area contributed by atoms with Gasteiger partial charge in [0.25, 0.3) is 0 Å². The van der Waals surface area contributed by atoms with Crippen LogP contribution in [0.3, 0.4) is 0 Å². The molecule has 298 valence electrons. The fraction of sp³-hybridized carbons (Fsp3) is 0.714. The van der Waals surface area contributed by atoms with Crippen LogP contribution in [0, 0.1) is 0 Å². The molecule has 0 fully saturated rings. The summed E-state index contributed by atoms with van der Waals surface area (Å²) in [4.78, 5) is 97.1. The number of aliphatic hydroxyl groups excluding tert-OH is 2. The number of hydrogen-bond acceptors (Lipinski definition) is 16. The lowest BCUT2D eigenvalue weighted by Crippen LogP contribution is -2.51. The van der Waals surface area contributed by atoms with Crippen molar-refractivity contribution in [3.8, 4) is 0 Å². The van der Waals surface area contributed by atoms with Crippen molar-refractivity contribution in [3.05, 3.63) is 0 Å². The molecular weight excluding hydrogens is 708 g/mol. The van der Waals surface area contributed by atoms with Gasteiger partial charge in [-0.1, -0.05) is 0 Å². The number of aliphatic hydroxyl groups is 2. The zero-order valence-corrected chi connectivity index (χ0v) is 28.3. The number of aliphatic carboxylic acids is 8. The minimum atomic E-state index is -1.63. The van der Waals surface area contributed by atoms with Crippen LogP contribution in [0.1, 0.15) is 0 Å². The van der Waals surface area contributed by atoms with Crippen molar-refractivity contribution in [2.75, 3.05) is 118 Å². The summed E-state index contributed by atoms with van der Waals surface area (Å²) in [6.07, 6.45) is -3.27. The maximum Gasteiger partial charge on any atom is 0.317 e. The Balaban J connectivity index is 6.13. The monoisotopic (exact) mass is 756 g/mol. The molecule has 0 radical (unpaired) electrons. The van der Waals surface area contributed by atoms with Crippen molar-refractivity contribution in [2.24, 2.45) is 0 Å². The van der Waals surface area contributed by atoms with Gasteiger partial charge in [-0.2, -0.15) is 0 Å². The van der Waals surface area contributed by atoms with Crippen molar-refractivity contribution >= 4 is 47.8 Å². The standard InChI is InChI=1S/C28H48N6O18/c35-19(9-29(1-5-31(11-21(37)38)12-22(39)40)2-6-32(13-23(41)42)14-24(43)44)20(36)10-30(3-7-33(15-25(45)46)16-26(47)48)4-8-34(17-27(49)50)18-28(51)52/h19-20,35-36H,1-18H2,(H,37,38)(H,39,40)(H,41,42)(H,43,44)(H,45,46)(H,47,48)(H,49,50)(H,51,52). The molecule has 0 saturated heterocycles. The average Bonchev–Trinajstić information content (AvgIpc) is 2.96. The van der Waals surface area contributed by atoms with E-state index >= 15 is 0 Å². The molecule has 0 spiro atoms. The molecule has 10 N–H and O–H groups in total. The van der Waals surface area contributed by atoms with Gasteiger partial charge < -0.3 is 51.1 Å². The zero-order valence-electron chi connectivity index (χ0n) is 28.3. The van der Waals surface area contributed by atoms with Crippen LogP contribution in [-0.2, 0) is 38.4 Å². The largest absolute Gasteiger partial charge is 0.480 e. The molecule has 0 amide bonds. The van der Waals surface area contributed by atoms with E-state index in [1.165, 1.54) is 9.80 Å². The van der Waals surface area contributed by atoms with E-state index in [4.69, 9.17) is 40.9 Å². The first-order chi connectivity index (χ1) is 24.2. The first kappa shape index (κ1) is 47.4. The van der Waals surface area contributed by atoms with Gasteiger partial charge in [-0.05, 0) is 0 Å². The fourth-order valence-electron chi connectivity index (χ4n) is 4.88. The van der Waals surface area contributed by atoms with E-state index in [1.807, 2.05) is 0 Å². The van der Waals surface area contributed by atoms with Crippen molar-refractivity contribution in [2.45, 2.75) is 12.2 Å². The molecule has 24 heteroatoms. The van der Waals surface area contributed by atoms with Crippen LogP contribution < -0.4 is 0 Å². The maximum atomic E-state index is 11.3. The Morgan fingerprint density at radius 2 is 0.423 bits per heavy atom. The van der Waals surface area contributed by atoms with E-state index in [2.05, 4.69) is 0 Å². The van der Waals surface area contributed by atoms with Crippen LogP contribution in [0.5, 0.6) is 0 Å². The smallest absolute Gasteiger partial charge is 0.317 e. The normalized spacial score (nSPS) is 12.8. The summed E-state index contributed by atoms with van der Waals surface area (Å²) in [7, 11) is 0. The predicted octanol–water partition coefficient (Wildman–Crippen LogP) is -5.80. The highest BCUT2D eigenvalue weighted by Gasteiger charge is 2.26. The minimum absolute atomic E-state index is 0.138. The summed E-state index contributed by atoms with van der Waals surface area (Å²) in [6, 6.07) is 0. The second-order valence-electron chi connectivity index (χ2n) is 11.7. The SMILES string of the molecule is O=C(O)CN(CCN(CCN(CC(=O)O)CC(=O)O)CC(O)C(O)CN(CCN(CC(=O)O)CC(=O)O)CCN(CC(=O)O)CC(=O)O)CC(=O)O. The third-order valence-electron chi connectivity index (χ3n) is 7.14. The molecule has 0 aliphatic heterocycles. The lowest BCUT2D eigenvalue weighted by Gasteiger charge is -2.33. The highest BCUT2D eigenvalue weighted by molar-refractivity contribution is 5.74. The molecule has 0 bridgehead atoms. The predicted molar refractivity (Wildman–Crippen MR) is 172 cm³/mol. The van der Waals surface area contributed by atoms with Crippen LogP contribution in [-0.4, -0.2) is 258 Å². The Morgan fingerprint density at radius 3 is 0.558 bits per heavy atom. The molecule has 2 atom stereocenters. The summed E-state index contributed by atoms with van der Waals surface area (Å²) >= 11 is 0. The van der Waals surface area contributed by atoms with Gasteiger partial charge >= 0.3 is 47.8 Å². The first-order valence-electron chi connectivity index (χ1n) is 15.6. The number of carbonyl (C=O) groups is 8. The molecule has 0 aromatic rings. The highest BCUT2D eigenvalue weighted by atomic mass is 16.4. The van der Waals surface area contributed by atoms with Crippen LogP contribution >= 0.6 is 0 Å². The Kier molecular flexibility index (Phi) is 23.2. The molecule has 0 rings (SSSR count). The molecular formula is C28H48N6O18. The molecule has 0 saturated carbocycles. The number of rotatable bonds is 33. The molecule has 52 heavy (non-hydrogen) atoms. The van der Waals surface area contributed by atoms with Gasteiger partial charge in [0.15, 0.2) is 0 Å². The summed E-state index contributed by atoms with van der Waals surface area (Å²) in [5.41, 5.74) is 0. The fourth-order valence-corrected chi connectivity index (χ4v) is 4.88. The van der Waals surface area contributed by atoms with Gasteiger partial charge in [0.05, 0.1) is 64.6 Å². The van der Waals surface area contributed by atoms with Gasteiger partial charge in [-0.15, -0.1) is 0 Å². The third kappa shape index (κ3) is 25.4. The number of carboxylic acid groups (broad SMARTS) is 8. The Morgan fingerprint density at radius 1 is 0.288 bits per heavy atom. The third-order valence-corrected chi connectivity index (χ3v) is 7.14. The van der Waals surface area contributed by atoms with Crippen LogP contribution in [0.2, 0.25) is 0 Å². The number of hydrogen-bond donors (Lipinski definition) is 10. The molecule has 24 nitrogen and oxygen atoms in total. The molecule has 0 aliphatic carbocycles. The van der Waals surface area contributed by atoms with E-state index < -0.39 is 125 Å². The number of carboxylic acids is 8. The van der Waals surface area contributed by atoms with Gasteiger partial charge in [0.2, 0.25) is 0 Å². The lowest BCUT2D eigenvalue weighted by atomic mass is 10.1. The van der Waals surface area contributed by atoms with E-state index in [-0.39, 0.29) is 52.4 Å². The summed E-state index contributed by atoms with van der Waals surface area (Å²) < 4.78 is 0. The topological polar surface area (TPSA) is 358 Å². The second-order valence-corrected chi connectivity index (χ2v) is 11.7. The molecule has 0 heterocycles. The van der Waals surface area contributed by atoms with E-state index in [9.17, 15) is 48.6 Å². The van der Waals surface area contributed by atoms with Crippen molar-refractivity contribution < 1.29 is 89.4 Å². The summed E-state index contributed by atoms with van der Waals surface area (Å²) in [5.74, 6) is -10.7. The van der Waals surface area contributed by atoms with Gasteiger partial charge in [0, 0.05) is 65.4 Å². The summed E-state index contributed by atoms with van der Waals surface area (Å²) in [5, 5.41) is 95.4. The lowest BCUT2D eigenvalue weighted by molar-refractivity contribution is -0.144. The van der Waals surface area contributed by atoms with Crippen molar-refractivity contribution in [1.82, 2.24) is 29.4 Å². The summed E-state index contributed by atoms with van der Waals surface area (Å²) in [6.45, 7) is -7.53. The van der Waals surface area contributed by atoms with Crippen molar-refractivity contribution in [1.29, 1.82) is 0 Å². The van der Waals surface area contributed by atoms with Crippen LogP contribution in [0.15, 0.2) is 0 Å². The Labute approximate surface area is 296 Å². The van der Waals surface area contributed by atoms with Crippen LogP contribution in [0.4, 0.5) is 0 Å². The van der Waals surface area contributed by atoms with Gasteiger partial charge in [0.1, 0.15) is 0 Å². The maximum absolute atomic E-state index is 11.3. The average molecular weight is 757 g/mol. The second kappa shape index (κ2) is 25.4. The molecule has 0 aliphatic rings. The number of nitrogens with zero attached hydrogens (tertiary/aromatic N) is 6. The van der Waals surface area contributed by atoms with E-state index in [0.29, 0.717) is 0 Å². The minimum Gasteiger partial charge on any atom is -0.480 e.